The first-order chi connectivity index (χ1) is 12.7. The Hall–Kier alpha value is -2.35. The van der Waals surface area contributed by atoms with E-state index in [1.807, 2.05) is 51.3 Å². The summed E-state index contributed by atoms with van der Waals surface area (Å²) in [5.74, 6) is -0.139. The van der Waals surface area contributed by atoms with E-state index < -0.39 is 0 Å². The number of carbonyl (C=O) groups excluding carboxylic acids is 2. The molecule has 0 saturated heterocycles. The van der Waals surface area contributed by atoms with Crippen LogP contribution < -0.4 is 5.32 Å². The second kappa shape index (κ2) is 9.03. The first-order valence-electron chi connectivity index (χ1n) is 8.83. The van der Waals surface area contributed by atoms with Gasteiger partial charge in [0.05, 0.1) is 12.3 Å². The Morgan fingerprint density at radius 1 is 1.22 bits per heavy atom. The molecule has 0 aliphatic carbocycles. The van der Waals surface area contributed by atoms with Crippen LogP contribution >= 0.6 is 11.8 Å². The normalized spacial score (nSPS) is 10.9. The number of amides is 2. The predicted octanol–water partition coefficient (Wildman–Crippen LogP) is 2.97. The third-order valence-corrected chi connectivity index (χ3v) is 5.11. The number of nitrogens with zero attached hydrogens (tertiary/aromatic N) is 4. The third-order valence-electron chi connectivity index (χ3n) is 4.17. The standard InChI is InChI=1S/C19H27N5O2S/c1-12(2)24-11-20-22-19(24)27-10-17(26)23(6)9-16(25)21-18-14(4)7-13(3)8-15(18)5/h7-8,11-12H,9-10H2,1-6H3,(H,21,25). The molecule has 0 atom stereocenters. The van der Waals surface area contributed by atoms with Crippen molar-refractivity contribution in [3.8, 4) is 0 Å². The Morgan fingerprint density at radius 2 is 1.85 bits per heavy atom. The van der Waals surface area contributed by atoms with Crippen LogP contribution in [-0.2, 0) is 9.59 Å². The maximum atomic E-state index is 12.4. The molecule has 0 aliphatic rings. The van der Waals surface area contributed by atoms with E-state index >= 15 is 0 Å². The highest BCUT2D eigenvalue weighted by atomic mass is 32.2. The second-order valence-electron chi connectivity index (χ2n) is 6.97. The molecule has 1 aromatic heterocycles. The summed E-state index contributed by atoms with van der Waals surface area (Å²) in [5.41, 5.74) is 3.99. The Bertz CT molecular complexity index is 808. The van der Waals surface area contributed by atoms with Crippen LogP contribution in [0.5, 0.6) is 0 Å². The van der Waals surface area contributed by atoms with Gasteiger partial charge in [0, 0.05) is 18.8 Å². The number of carbonyl (C=O) groups is 2. The summed E-state index contributed by atoms with van der Waals surface area (Å²) >= 11 is 1.32. The highest BCUT2D eigenvalue weighted by molar-refractivity contribution is 7.99. The number of hydrogen-bond acceptors (Lipinski definition) is 5. The fourth-order valence-electron chi connectivity index (χ4n) is 2.79. The number of hydrogen-bond donors (Lipinski definition) is 1. The highest BCUT2D eigenvalue weighted by Crippen LogP contribution is 2.22. The smallest absolute Gasteiger partial charge is 0.243 e. The molecule has 1 heterocycles. The van der Waals surface area contributed by atoms with Crippen molar-refractivity contribution in [3.05, 3.63) is 35.2 Å². The van der Waals surface area contributed by atoms with E-state index in [-0.39, 0.29) is 30.2 Å². The van der Waals surface area contributed by atoms with Crippen LogP contribution in [0, 0.1) is 20.8 Å². The number of rotatable bonds is 7. The van der Waals surface area contributed by atoms with Gasteiger partial charge in [0.2, 0.25) is 11.8 Å². The second-order valence-corrected chi connectivity index (χ2v) is 7.92. The molecule has 0 spiro atoms. The van der Waals surface area contributed by atoms with Gasteiger partial charge in [0.1, 0.15) is 6.33 Å². The third kappa shape index (κ3) is 5.56. The lowest BCUT2D eigenvalue weighted by Crippen LogP contribution is -2.36. The van der Waals surface area contributed by atoms with Gasteiger partial charge in [-0.05, 0) is 45.7 Å². The Morgan fingerprint density at radius 3 is 2.44 bits per heavy atom. The number of benzene rings is 1. The topological polar surface area (TPSA) is 80.1 Å². The Balaban J connectivity index is 1.90. The van der Waals surface area contributed by atoms with Crippen LogP contribution in [0.3, 0.4) is 0 Å². The molecule has 7 nitrogen and oxygen atoms in total. The quantitative estimate of drug-likeness (QED) is 0.737. The summed E-state index contributed by atoms with van der Waals surface area (Å²) in [6.07, 6.45) is 1.65. The number of likely N-dealkylation sites (N-methyl/N-ethyl adjacent to an activating group) is 1. The number of thioether (sulfide) groups is 1. The van der Waals surface area contributed by atoms with E-state index in [1.54, 1.807) is 13.4 Å². The van der Waals surface area contributed by atoms with E-state index in [4.69, 9.17) is 0 Å². The average Bonchev–Trinajstić information content (AvgIpc) is 3.04. The lowest BCUT2D eigenvalue weighted by Gasteiger charge is -2.18. The number of aryl methyl sites for hydroxylation is 3. The van der Waals surface area contributed by atoms with Gasteiger partial charge < -0.3 is 14.8 Å². The lowest BCUT2D eigenvalue weighted by atomic mass is 10.1. The SMILES string of the molecule is Cc1cc(C)c(NC(=O)CN(C)C(=O)CSc2nncn2C(C)C)c(C)c1. The van der Waals surface area contributed by atoms with Crippen LogP contribution in [0.1, 0.15) is 36.6 Å². The van der Waals surface area contributed by atoms with Crippen molar-refractivity contribution in [1.82, 2.24) is 19.7 Å². The van der Waals surface area contributed by atoms with Gasteiger partial charge in [0.25, 0.3) is 0 Å². The first kappa shape index (κ1) is 21.0. The fourth-order valence-corrected chi connectivity index (χ4v) is 3.77. The summed E-state index contributed by atoms with van der Waals surface area (Å²) in [7, 11) is 1.63. The predicted molar refractivity (Wildman–Crippen MR) is 108 cm³/mol. The summed E-state index contributed by atoms with van der Waals surface area (Å²) in [6.45, 7) is 10.0. The van der Waals surface area contributed by atoms with Crippen molar-refractivity contribution in [2.24, 2.45) is 0 Å². The number of nitrogens with one attached hydrogen (secondary N) is 1. The van der Waals surface area contributed by atoms with Gasteiger partial charge in [-0.3, -0.25) is 9.59 Å². The van der Waals surface area contributed by atoms with Gasteiger partial charge in [-0.15, -0.1) is 10.2 Å². The van der Waals surface area contributed by atoms with E-state index in [9.17, 15) is 9.59 Å². The van der Waals surface area contributed by atoms with Crippen LogP contribution in [0.25, 0.3) is 0 Å². The van der Waals surface area contributed by atoms with E-state index in [1.165, 1.54) is 16.7 Å². The lowest BCUT2D eigenvalue weighted by molar-refractivity contribution is -0.131. The van der Waals surface area contributed by atoms with Gasteiger partial charge in [-0.1, -0.05) is 29.5 Å². The Kier molecular flexibility index (Phi) is 7.01. The molecule has 0 saturated carbocycles. The van der Waals surface area contributed by atoms with Crippen molar-refractivity contribution in [2.75, 3.05) is 24.7 Å². The number of anilines is 1. The molecule has 2 rings (SSSR count). The zero-order chi connectivity index (χ0) is 20.1. The first-order valence-corrected chi connectivity index (χ1v) is 9.81. The van der Waals surface area contributed by atoms with E-state index in [0.717, 1.165) is 22.4 Å². The highest BCUT2D eigenvalue weighted by Gasteiger charge is 2.17. The molecular formula is C19H27N5O2S. The zero-order valence-corrected chi connectivity index (χ0v) is 17.6. The van der Waals surface area contributed by atoms with Crippen LogP contribution in [0.15, 0.2) is 23.6 Å². The van der Waals surface area contributed by atoms with Crippen molar-refractivity contribution in [3.63, 3.8) is 0 Å². The summed E-state index contributed by atoms with van der Waals surface area (Å²) in [6, 6.07) is 4.28. The van der Waals surface area contributed by atoms with Crippen LogP contribution in [0.2, 0.25) is 0 Å². The summed E-state index contributed by atoms with van der Waals surface area (Å²) < 4.78 is 1.91. The van der Waals surface area contributed by atoms with Crippen molar-refractivity contribution < 1.29 is 9.59 Å². The maximum absolute atomic E-state index is 12.4. The van der Waals surface area contributed by atoms with E-state index in [2.05, 4.69) is 15.5 Å². The molecule has 0 aliphatic heterocycles. The molecular weight excluding hydrogens is 362 g/mol. The fraction of sp³-hybridized carbons (Fsp3) is 0.474. The molecule has 1 aromatic carbocycles. The summed E-state index contributed by atoms with van der Waals surface area (Å²) in [5, 5.41) is 11.5. The molecule has 27 heavy (non-hydrogen) atoms. The van der Waals surface area contributed by atoms with Crippen LogP contribution in [-0.4, -0.2) is 50.8 Å². The number of aromatic nitrogens is 3. The monoisotopic (exact) mass is 389 g/mol. The Labute approximate surface area is 164 Å². The van der Waals surface area contributed by atoms with Crippen molar-refractivity contribution in [2.45, 2.75) is 45.8 Å². The molecule has 146 valence electrons. The largest absolute Gasteiger partial charge is 0.336 e. The zero-order valence-electron chi connectivity index (χ0n) is 16.7. The minimum atomic E-state index is -0.212. The van der Waals surface area contributed by atoms with E-state index in [0.29, 0.717) is 5.16 Å². The van der Waals surface area contributed by atoms with Gasteiger partial charge in [-0.2, -0.15) is 0 Å². The van der Waals surface area contributed by atoms with Crippen molar-refractivity contribution in [1.29, 1.82) is 0 Å². The van der Waals surface area contributed by atoms with Crippen LogP contribution in [0.4, 0.5) is 5.69 Å². The molecule has 2 amide bonds. The van der Waals surface area contributed by atoms with Crippen molar-refractivity contribution >= 4 is 29.3 Å². The molecule has 0 unspecified atom stereocenters. The minimum absolute atomic E-state index is 0.00300. The van der Waals surface area contributed by atoms with Gasteiger partial charge in [-0.25, -0.2) is 0 Å². The molecule has 1 N–H and O–H groups in total. The molecule has 2 aromatic rings. The van der Waals surface area contributed by atoms with Gasteiger partial charge >= 0.3 is 0 Å². The molecule has 8 heteroatoms. The molecule has 0 bridgehead atoms. The maximum Gasteiger partial charge on any atom is 0.243 e. The average molecular weight is 390 g/mol. The molecule has 0 fully saturated rings. The molecule has 0 radical (unpaired) electrons. The van der Waals surface area contributed by atoms with Gasteiger partial charge in [0.15, 0.2) is 5.16 Å². The minimum Gasteiger partial charge on any atom is -0.336 e. The summed E-state index contributed by atoms with van der Waals surface area (Å²) in [4.78, 5) is 26.1.